The van der Waals surface area contributed by atoms with Gasteiger partial charge in [0, 0.05) is 6.54 Å². The Hall–Kier alpha value is -1.50. The van der Waals surface area contributed by atoms with Crippen LogP contribution in [0.5, 0.6) is 0 Å². The largest absolute Gasteiger partial charge is 0.442 e. The minimum atomic E-state index is -0.686. The molecule has 7 nitrogen and oxygen atoms in total. The van der Waals surface area contributed by atoms with Crippen LogP contribution < -0.4 is 0 Å². The minimum Gasteiger partial charge on any atom is -0.442 e. The molecule has 128 valence electrons. The van der Waals surface area contributed by atoms with E-state index in [1.165, 1.54) is 10.0 Å². The average molecular weight is 316 g/mol. The quantitative estimate of drug-likeness (QED) is 0.804. The van der Waals surface area contributed by atoms with Crippen molar-refractivity contribution in [2.24, 2.45) is 0 Å². The summed E-state index contributed by atoms with van der Waals surface area (Å²) in [4.78, 5) is 24.7. The standard InChI is InChI=1S/C15H28N2O5/c1-14(2,3)21-12(19)16-9-7-8-11(10-18)17(16)13(20)22-15(4,5)6/h11,18H,7-10H2,1-6H3/t11-/m0/s1. The number of ether oxygens (including phenoxy) is 2. The van der Waals surface area contributed by atoms with Crippen LogP contribution in [0.25, 0.3) is 0 Å². The summed E-state index contributed by atoms with van der Waals surface area (Å²) in [5.74, 6) is 0. The first-order valence-corrected chi connectivity index (χ1v) is 7.58. The van der Waals surface area contributed by atoms with Gasteiger partial charge in [-0.05, 0) is 54.4 Å². The third-order valence-corrected chi connectivity index (χ3v) is 2.91. The molecule has 1 aliphatic rings. The van der Waals surface area contributed by atoms with Gasteiger partial charge in [0.15, 0.2) is 0 Å². The fourth-order valence-electron chi connectivity index (χ4n) is 2.12. The molecule has 1 aliphatic heterocycles. The maximum absolute atomic E-state index is 12.4. The van der Waals surface area contributed by atoms with E-state index in [-0.39, 0.29) is 6.61 Å². The Balaban J connectivity index is 2.96. The van der Waals surface area contributed by atoms with Gasteiger partial charge in [0.2, 0.25) is 0 Å². The van der Waals surface area contributed by atoms with Crippen molar-refractivity contribution in [1.82, 2.24) is 10.0 Å². The first-order valence-electron chi connectivity index (χ1n) is 7.58. The molecule has 0 aromatic carbocycles. The second-order valence-corrected chi connectivity index (χ2v) is 7.41. The van der Waals surface area contributed by atoms with Crippen molar-refractivity contribution in [1.29, 1.82) is 0 Å². The summed E-state index contributed by atoms with van der Waals surface area (Å²) in [5, 5.41) is 11.9. The molecular formula is C15H28N2O5. The van der Waals surface area contributed by atoms with Crippen LogP contribution in [-0.4, -0.2) is 57.7 Å². The van der Waals surface area contributed by atoms with Gasteiger partial charge in [-0.3, -0.25) is 0 Å². The van der Waals surface area contributed by atoms with Crippen LogP contribution in [0.4, 0.5) is 9.59 Å². The SMILES string of the molecule is CC(C)(C)OC(=O)N1CCC[C@@H](CO)N1C(=O)OC(C)(C)C. The second-order valence-electron chi connectivity index (χ2n) is 7.41. The number of aliphatic hydroxyl groups is 1. The average Bonchev–Trinajstić information content (AvgIpc) is 2.33. The molecule has 0 unspecified atom stereocenters. The van der Waals surface area contributed by atoms with Gasteiger partial charge in [0.25, 0.3) is 0 Å². The molecule has 0 saturated carbocycles. The molecule has 2 amide bonds. The van der Waals surface area contributed by atoms with Crippen molar-refractivity contribution >= 4 is 12.2 Å². The van der Waals surface area contributed by atoms with Gasteiger partial charge in [-0.25, -0.2) is 19.6 Å². The fraction of sp³-hybridized carbons (Fsp3) is 0.867. The van der Waals surface area contributed by atoms with Gasteiger partial charge < -0.3 is 14.6 Å². The Morgan fingerprint density at radius 1 is 1.05 bits per heavy atom. The number of carbonyl (C=O) groups is 2. The third kappa shape index (κ3) is 5.36. The van der Waals surface area contributed by atoms with E-state index >= 15 is 0 Å². The van der Waals surface area contributed by atoms with E-state index in [0.29, 0.717) is 19.4 Å². The highest BCUT2D eigenvalue weighted by Gasteiger charge is 2.39. The molecule has 1 saturated heterocycles. The zero-order chi connectivity index (χ0) is 17.1. The predicted octanol–water partition coefficient (Wildman–Crippen LogP) is 2.53. The number of hydrazine groups is 1. The lowest BCUT2D eigenvalue weighted by Crippen LogP contribution is -2.60. The fourth-order valence-corrected chi connectivity index (χ4v) is 2.12. The summed E-state index contributed by atoms with van der Waals surface area (Å²) < 4.78 is 10.7. The minimum absolute atomic E-state index is 0.238. The zero-order valence-electron chi connectivity index (χ0n) is 14.4. The summed E-state index contributed by atoms with van der Waals surface area (Å²) in [6.07, 6.45) is 0.0207. The van der Waals surface area contributed by atoms with E-state index in [1.807, 2.05) is 0 Å². The molecule has 7 heteroatoms. The van der Waals surface area contributed by atoms with Crippen LogP contribution in [0.15, 0.2) is 0 Å². The molecule has 0 bridgehead atoms. The number of aliphatic hydroxyl groups excluding tert-OH is 1. The van der Waals surface area contributed by atoms with Crippen LogP contribution in [0.1, 0.15) is 54.4 Å². The van der Waals surface area contributed by atoms with E-state index in [2.05, 4.69) is 0 Å². The first kappa shape index (κ1) is 18.5. The molecule has 0 spiro atoms. The van der Waals surface area contributed by atoms with Crippen molar-refractivity contribution in [2.75, 3.05) is 13.2 Å². The van der Waals surface area contributed by atoms with Gasteiger partial charge in [0.1, 0.15) is 11.2 Å². The van der Waals surface area contributed by atoms with Crippen molar-refractivity contribution in [2.45, 2.75) is 71.6 Å². The molecule has 0 radical (unpaired) electrons. The Morgan fingerprint density at radius 3 is 2.00 bits per heavy atom. The molecule has 1 fully saturated rings. The lowest BCUT2D eigenvalue weighted by molar-refractivity contribution is -0.102. The van der Waals surface area contributed by atoms with Gasteiger partial charge in [-0.2, -0.15) is 0 Å². The highest BCUT2D eigenvalue weighted by atomic mass is 16.6. The molecule has 1 rings (SSSR count). The molecule has 0 aromatic rings. The summed E-state index contributed by atoms with van der Waals surface area (Å²) in [6, 6.07) is -0.490. The smallest absolute Gasteiger partial charge is 0.429 e. The van der Waals surface area contributed by atoms with Crippen molar-refractivity contribution in [3.8, 4) is 0 Å². The molecule has 1 N–H and O–H groups in total. The third-order valence-electron chi connectivity index (χ3n) is 2.91. The number of nitrogens with zero attached hydrogens (tertiary/aromatic N) is 2. The van der Waals surface area contributed by atoms with Crippen LogP contribution in [0.2, 0.25) is 0 Å². The summed E-state index contributed by atoms with van der Waals surface area (Å²) in [6.45, 7) is 10.6. The zero-order valence-corrected chi connectivity index (χ0v) is 14.4. The van der Waals surface area contributed by atoms with Gasteiger partial charge in [0.05, 0.1) is 12.6 Å². The Morgan fingerprint density at radius 2 is 1.55 bits per heavy atom. The normalized spacial score (nSPS) is 19.9. The van der Waals surface area contributed by atoms with Crippen LogP contribution in [0.3, 0.4) is 0 Å². The molecule has 22 heavy (non-hydrogen) atoms. The molecule has 0 aromatic heterocycles. The van der Waals surface area contributed by atoms with Crippen LogP contribution in [-0.2, 0) is 9.47 Å². The molecule has 1 heterocycles. The van der Waals surface area contributed by atoms with Gasteiger partial charge in [-0.1, -0.05) is 0 Å². The predicted molar refractivity (Wildman–Crippen MR) is 81.1 cm³/mol. The van der Waals surface area contributed by atoms with Crippen molar-refractivity contribution < 1.29 is 24.2 Å². The monoisotopic (exact) mass is 316 g/mol. The number of rotatable bonds is 1. The lowest BCUT2D eigenvalue weighted by Gasteiger charge is -2.43. The number of hydrogen-bond donors (Lipinski definition) is 1. The number of amides is 2. The molecule has 0 aliphatic carbocycles. The maximum Gasteiger partial charge on any atom is 0.429 e. The Labute approximate surface area is 132 Å². The maximum atomic E-state index is 12.4. The number of hydrogen-bond acceptors (Lipinski definition) is 5. The number of carbonyl (C=O) groups excluding carboxylic acids is 2. The molecule has 1 atom stereocenters. The van der Waals surface area contributed by atoms with Crippen molar-refractivity contribution in [3.05, 3.63) is 0 Å². The van der Waals surface area contributed by atoms with Crippen LogP contribution in [0, 0.1) is 0 Å². The summed E-state index contributed by atoms with van der Waals surface area (Å²) >= 11 is 0. The van der Waals surface area contributed by atoms with E-state index in [0.717, 1.165) is 0 Å². The van der Waals surface area contributed by atoms with E-state index in [9.17, 15) is 14.7 Å². The van der Waals surface area contributed by atoms with Gasteiger partial charge in [-0.15, -0.1) is 0 Å². The molecular weight excluding hydrogens is 288 g/mol. The van der Waals surface area contributed by atoms with E-state index in [1.54, 1.807) is 41.5 Å². The Bertz CT molecular complexity index is 411. The highest BCUT2D eigenvalue weighted by Crippen LogP contribution is 2.23. The van der Waals surface area contributed by atoms with E-state index in [4.69, 9.17) is 9.47 Å². The highest BCUT2D eigenvalue weighted by molar-refractivity contribution is 5.75. The second kappa shape index (κ2) is 6.73. The van der Waals surface area contributed by atoms with Crippen LogP contribution >= 0.6 is 0 Å². The van der Waals surface area contributed by atoms with Crippen molar-refractivity contribution in [3.63, 3.8) is 0 Å². The first-order chi connectivity index (χ1) is 9.94. The summed E-state index contributed by atoms with van der Waals surface area (Å²) in [5.41, 5.74) is -1.35. The lowest BCUT2D eigenvalue weighted by atomic mass is 10.1. The van der Waals surface area contributed by atoms with E-state index < -0.39 is 29.4 Å². The topological polar surface area (TPSA) is 79.3 Å². The summed E-state index contributed by atoms with van der Waals surface area (Å²) in [7, 11) is 0. The Kier molecular flexibility index (Phi) is 5.67. The van der Waals surface area contributed by atoms with Gasteiger partial charge >= 0.3 is 12.2 Å².